The molecule has 0 spiro atoms. The van der Waals surface area contributed by atoms with Gasteiger partial charge in [-0.3, -0.25) is 4.79 Å². The van der Waals surface area contributed by atoms with E-state index in [-0.39, 0.29) is 11.2 Å². The molecule has 0 bridgehead atoms. The van der Waals surface area contributed by atoms with Crippen molar-refractivity contribution in [3.05, 3.63) is 0 Å². The van der Waals surface area contributed by atoms with Crippen LogP contribution in [0.2, 0.25) is 0 Å². The molecule has 1 rings (SSSR count). The van der Waals surface area contributed by atoms with E-state index in [0.29, 0.717) is 25.8 Å². The lowest BCUT2D eigenvalue weighted by Gasteiger charge is -2.36. The average Bonchev–Trinajstić information content (AvgIpc) is 2.26. The van der Waals surface area contributed by atoms with Crippen molar-refractivity contribution < 1.29 is 18.3 Å². The van der Waals surface area contributed by atoms with Crippen LogP contribution in [0.1, 0.15) is 53.4 Å². The summed E-state index contributed by atoms with van der Waals surface area (Å²) in [5.74, 6) is -1.37. The number of hydrogen-bond donors (Lipinski definition) is 1. The summed E-state index contributed by atoms with van der Waals surface area (Å²) < 4.78 is 26.2. The standard InChI is InChI=1S/C14H27NO4S/c1-11-12(13(16)17)7-5-9-15(11)20(18,19)10-6-8-14(2,3)4/h11-12H,5-10H2,1-4H3,(H,16,17)/t11-,12-/m1/s1. The van der Waals surface area contributed by atoms with Gasteiger partial charge in [-0.05, 0) is 38.0 Å². The number of carboxylic acid groups (broad SMARTS) is 1. The summed E-state index contributed by atoms with van der Waals surface area (Å²) in [5, 5.41) is 9.15. The summed E-state index contributed by atoms with van der Waals surface area (Å²) in [7, 11) is -3.35. The minimum Gasteiger partial charge on any atom is -0.481 e. The van der Waals surface area contributed by atoms with Crippen molar-refractivity contribution in [1.82, 2.24) is 4.31 Å². The third-order valence-electron chi connectivity index (χ3n) is 3.93. The molecule has 1 fully saturated rings. The molecule has 0 amide bonds. The first-order valence-electron chi connectivity index (χ1n) is 7.27. The van der Waals surface area contributed by atoms with E-state index in [2.05, 4.69) is 20.8 Å². The van der Waals surface area contributed by atoms with E-state index in [1.54, 1.807) is 6.92 Å². The Morgan fingerprint density at radius 3 is 2.45 bits per heavy atom. The highest BCUT2D eigenvalue weighted by molar-refractivity contribution is 7.89. The van der Waals surface area contributed by atoms with Gasteiger partial charge < -0.3 is 5.11 Å². The maximum Gasteiger partial charge on any atom is 0.308 e. The van der Waals surface area contributed by atoms with E-state index in [4.69, 9.17) is 5.11 Å². The van der Waals surface area contributed by atoms with Crippen LogP contribution >= 0.6 is 0 Å². The minimum absolute atomic E-state index is 0.112. The van der Waals surface area contributed by atoms with Crippen molar-refractivity contribution in [1.29, 1.82) is 0 Å². The molecule has 1 saturated heterocycles. The number of carbonyl (C=O) groups is 1. The zero-order chi connectivity index (χ0) is 15.6. The first kappa shape index (κ1) is 17.4. The molecule has 1 heterocycles. The molecular formula is C14H27NO4S. The Kier molecular flexibility index (Phi) is 5.61. The quantitative estimate of drug-likeness (QED) is 0.846. The molecule has 0 aromatic rings. The molecule has 20 heavy (non-hydrogen) atoms. The summed E-state index contributed by atoms with van der Waals surface area (Å²) in [5.41, 5.74) is 0.118. The molecule has 1 aliphatic heterocycles. The third kappa shape index (κ3) is 4.74. The van der Waals surface area contributed by atoms with E-state index in [0.717, 1.165) is 6.42 Å². The normalized spacial score (nSPS) is 25.6. The van der Waals surface area contributed by atoms with Gasteiger partial charge in [0.2, 0.25) is 10.0 Å². The number of carboxylic acids is 1. The van der Waals surface area contributed by atoms with E-state index >= 15 is 0 Å². The van der Waals surface area contributed by atoms with Gasteiger partial charge in [0.1, 0.15) is 0 Å². The van der Waals surface area contributed by atoms with Crippen molar-refractivity contribution in [2.45, 2.75) is 59.4 Å². The van der Waals surface area contributed by atoms with Crippen LogP contribution in [0.25, 0.3) is 0 Å². The van der Waals surface area contributed by atoms with Gasteiger partial charge in [0.15, 0.2) is 0 Å². The SMILES string of the molecule is C[C@@H]1[C@H](C(=O)O)CCCN1S(=O)(=O)CCCC(C)(C)C. The van der Waals surface area contributed by atoms with E-state index in [9.17, 15) is 13.2 Å². The lowest BCUT2D eigenvalue weighted by Crippen LogP contribution is -2.49. The molecule has 0 saturated carbocycles. The molecule has 0 aromatic heterocycles. The first-order chi connectivity index (χ1) is 9.04. The molecule has 0 unspecified atom stereocenters. The van der Waals surface area contributed by atoms with Crippen LogP contribution in [-0.4, -0.2) is 42.1 Å². The maximum atomic E-state index is 12.4. The first-order valence-corrected chi connectivity index (χ1v) is 8.88. The molecule has 0 radical (unpaired) electrons. The monoisotopic (exact) mass is 305 g/mol. The Labute approximate surface area is 122 Å². The Balaban J connectivity index is 2.69. The third-order valence-corrected chi connectivity index (χ3v) is 5.97. The summed E-state index contributed by atoms with van der Waals surface area (Å²) in [6.07, 6.45) is 2.65. The zero-order valence-corrected chi connectivity index (χ0v) is 13.7. The van der Waals surface area contributed by atoms with E-state index in [1.165, 1.54) is 4.31 Å². The van der Waals surface area contributed by atoms with Crippen LogP contribution in [0, 0.1) is 11.3 Å². The molecule has 0 aromatic carbocycles. The van der Waals surface area contributed by atoms with E-state index < -0.39 is 28.0 Å². The van der Waals surface area contributed by atoms with Gasteiger partial charge in [0.05, 0.1) is 11.7 Å². The number of piperidine rings is 1. The van der Waals surface area contributed by atoms with Crippen molar-refractivity contribution in [3.63, 3.8) is 0 Å². The van der Waals surface area contributed by atoms with Crippen molar-refractivity contribution in [2.24, 2.45) is 11.3 Å². The predicted molar refractivity (Wildman–Crippen MR) is 79.0 cm³/mol. The highest BCUT2D eigenvalue weighted by Gasteiger charge is 2.38. The average molecular weight is 305 g/mol. The second-order valence-corrected chi connectivity index (χ2v) is 8.96. The largest absolute Gasteiger partial charge is 0.481 e. The second-order valence-electron chi connectivity index (χ2n) is 6.92. The Morgan fingerprint density at radius 2 is 1.95 bits per heavy atom. The van der Waals surface area contributed by atoms with Crippen LogP contribution < -0.4 is 0 Å². The smallest absolute Gasteiger partial charge is 0.308 e. The van der Waals surface area contributed by atoms with Gasteiger partial charge in [-0.15, -0.1) is 0 Å². The predicted octanol–water partition coefficient (Wildman–Crippen LogP) is 2.33. The minimum atomic E-state index is -3.35. The topological polar surface area (TPSA) is 74.7 Å². The zero-order valence-electron chi connectivity index (χ0n) is 12.9. The molecular weight excluding hydrogens is 278 g/mol. The summed E-state index contributed by atoms with van der Waals surface area (Å²) in [6, 6.07) is -0.444. The highest BCUT2D eigenvalue weighted by Crippen LogP contribution is 2.28. The van der Waals surface area contributed by atoms with Crippen LogP contribution in [0.15, 0.2) is 0 Å². The molecule has 1 N–H and O–H groups in total. The molecule has 6 heteroatoms. The van der Waals surface area contributed by atoms with Gasteiger partial charge in [0.25, 0.3) is 0 Å². The number of aliphatic carboxylic acids is 1. The van der Waals surface area contributed by atoms with Crippen LogP contribution in [-0.2, 0) is 14.8 Å². The summed E-state index contributed by atoms with van der Waals surface area (Å²) >= 11 is 0. The van der Waals surface area contributed by atoms with Crippen LogP contribution in [0.3, 0.4) is 0 Å². The number of hydrogen-bond acceptors (Lipinski definition) is 3. The summed E-state index contributed by atoms with van der Waals surface area (Å²) in [6.45, 7) is 8.42. The number of nitrogens with zero attached hydrogens (tertiary/aromatic N) is 1. The Morgan fingerprint density at radius 1 is 1.35 bits per heavy atom. The van der Waals surface area contributed by atoms with E-state index in [1.807, 2.05) is 0 Å². The lowest BCUT2D eigenvalue weighted by atomic mass is 9.91. The molecule has 118 valence electrons. The fourth-order valence-electron chi connectivity index (χ4n) is 2.74. The lowest BCUT2D eigenvalue weighted by molar-refractivity contribution is -0.144. The van der Waals surface area contributed by atoms with Gasteiger partial charge in [-0.25, -0.2) is 8.42 Å². The summed E-state index contributed by atoms with van der Waals surface area (Å²) in [4.78, 5) is 11.2. The van der Waals surface area contributed by atoms with Crippen molar-refractivity contribution in [2.75, 3.05) is 12.3 Å². The second kappa shape index (κ2) is 6.43. The molecule has 1 aliphatic rings. The van der Waals surface area contributed by atoms with Gasteiger partial charge in [0, 0.05) is 12.6 Å². The number of rotatable bonds is 5. The molecule has 2 atom stereocenters. The van der Waals surface area contributed by atoms with Crippen molar-refractivity contribution in [3.8, 4) is 0 Å². The fourth-order valence-corrected chi connectivity index (χ4v) is 4.54. The van der Waals surface area contributed by atoms with Gasteiger partial charge in [-0.1, -0.05) is 20.8 Å². The van der Waals surface area contributed by atoms with Crippen LogP contribution in [0.4, 0.5) is 0 Å². The van der Waals surface area contributed by atoms with Crippen LogP contribution in [0.5, 0.6) is 0 Å². The van der Waals surface area contributed by atoms with Gasteiger partial charge in [-0.2, -0.15) is 4.31 Å². The molecule has 5 nitrogen and oxygen atoms in total. The Bertz CT molecular complexity index is 439. The molecule has 0 aliphatic carbocycles. The number of sulfonamides is 1. The Hall–Kier alpha value is -0.620. The van der Waals surface area contributed by atoms with Crippen molar-refractivity contribution >= 4 is 16.0 Å². The van der Waals surface area contributed by atoms with Gasteiger partial charge >= 0.3 is 5.97 Å². The fraction of sp³-hybridized carbons (Fsp3) is 0.929. The highest BCUT2D eigenvalue weighted by atomic mass is 32.2. The maximum absolute atomic E-state index is 12.4.